The first-order valence-electron chi connectivity index (χ1n) is 20.3. The smallest absolute Gasteiger partial charge is 0.333 e. The Labute approximate surface area is 337 Å². The van der Waals surface area contributed by atoms with Gasteiger partial charge in [0.15, 0.2) is 9.79 Å². The van der Waals surface area contributed by atoms with E-state index >= 15 is 0 Å². The summed E-state index contributed by atoms with van der Waals surface area (Å²) in [4.78, 5) is 25.2. The van der Waals surface area contributed by atoms with Gasteiger partial charge < -0.3 is 20.1 Å². The third kappa shape index (κ3) is 6.96. The van der Waals surface area contributed by atoms with E-state index in [1.54, 1.807) is 0 Å². The highest BCUT2D eigenvalue weighted by molar-refractivity contribution is 7.90. The highest BCUT2D eigenvalue weighted by atomic mass is 32.2. The summed E-state index contributed by atoms with van der Waals surface area (Å²) in [5.74, 6) is 0.374. The number of hydrogen-bond donors (Lipinski definition) is 4. The summed E-state index contributed by atoms with van der Waals surface area (Å²) in [7, 11) is -8.18. The maximum atomic E-state index is 12.8. The summed E-state index contributed by atoms with van der Waals surface area (Å²) in [5.41, 5.74) is 12.8. The monoisotopic (exact) mass is 832 g/mol. The molecule has 16 nitrogen and oxygen atoms in total. The molecular weight excluding hydrogens is 785 g/mol. The zero-order chi connectivity index (χ0) is 40.3. The molecule has 4 heterocycles. The van der Waals surface area contributed by atoms with E-state index in [9.17, 15) is 26.4 Å². The van der Waals surface area contributed by atoms with Crippen LogP contribution in [0.25, 0.3) is 0 Å². The van der Waals surface area contributed by atoms with E-state index in [1.165, 1.54) is 60.7 Å². The van der Waals surface area contributed by atoms with Crippen LogP contribution in [0, 0.1) is 6.92 Å². The number of sulfonamides is 2. The molecule has 2 aliphatic heterocycles. The first-order valence-corrected chi connectivity index (χ1v) is 23.3. The summed E-state index contributed by atoms with van der Waals surface area (Å²) < 4.78 is 69.7. The zero-order valence-corrected chi connectivity index (χ0v) is 34.3. The van der Waals surface area contributed by atoms with Crippen molar-refractivity contribution in [2.75, 3.05) is 17.2 Å². The average Bonchev–Trinajstić information content (AvgIpc) is 4.03. The van der Waals surface area contributed by atoms with Crippen LogP contribution < -0.4 is 29.6 Å². The Morgan fingerprint density at radius 1 is 0.655 bits per heavy atom. The number of amides is 4. The molecule has 0 fully saturated rings. The van der Waals surface area contributed by atoms with Gasteiger partial charge in [-0.3, -0.25) is 0 Å². The van der Waals surface area contributed by atoms with Crippen molar-refractivity contribution in [1.82, 2.24) is 29.0 Å². The summed E-state index contributed by atoms with van der Waals surface area (Å²) in [5, 5.41) is 13.9. The molecule has 4 aromatic rings. The van der Waals surface area contributed by atoms with Crippen LogP contribution in [-0.2, 0) is 84.5 Å². The fraction of sp³-hybridized carbons (Fsp3) is 0.500. The van der Waals surface area contributed by atoms with Gasteiger partial charge in [0, 0.05) is 37.3 Å². The van der Waals surface area contributed by atoms with Gasteiger partial charge in [0.25, 0.3) is 20.0 Å². The van der Waals surface area contributed by atoms with E-state index in [0.717, 1.165) is 112 Å². The number of urea groups is 2. The number of hydrogen-bond acceptors (Lipinski definition) is 10. The first kappa shape index (κ1) is 38.4. The van der Waals surface area contributed by atoms with E-state index in [2.05, 4.69) is 43.3 Å². The molecule has 2 aromatic heterocycles. The van der Waals surface area contributed by atoms with Crippen LogP contribution in [-0.4, -0.2) is 61.2 Å². The molecule has 0 bridgehead atoms. The van der Waals surface area contributed by atoms with Crippen molar-refractivity contribution in [2.45, 2.75) is 133 Å². The van der Waals surface area contributed by atoms with Crippen molar-refractivity contribution in [3.8, 4) is 11.8 Å². The highest BCUT2D eigenvalue weighted by Crippen LogP contribution is 2.42. The van der Waals surface area contributed by atoms with Crippen LogP contribution >= 0.6 is 0 Å². The number of benzene rings is 2. The second-order valence-corrected chi connectivity index (χ2v) is 19.3. The summed E-state index contributed by atoms with van der Waals surface area (Å²) in [6.07, 6.45) is 15.8. The van der Waals surface area contributed by atoms with Crippen molar-refractivity contribution in [1.29, 1.82) is 0 Å². The number of carbonyl (C=O) groups excluding carboxylic acids is 2. The molecule has 0 saturated heterocycles. The van der Waals surface area contributed by atoms with Gasteiger partial charge in [-0.05, 0) is 141 Å². The van der Waals surface area contributed by atoms with Crippen LogP contribution in [0.5, 0.6) is 11.8 Å². The minimum absolute atomic E-state index is 0.100. The number of carbonyl (C=O) groups is 2. The quantitative estimate of drug-likeness (QED) is 0.205. The topological polar surface area (TPSA) is 205 Å². The predicted molar refractivity (Wildman–Crippen MR) is 214 cm³/mol. The Balaban J connectivity index is 0.000000150. The maximum Gasteiger partial charge on any atom is 0.333 e. The molecule has 4 aliphatic carbocycles. The van der Waals surface area contributed by atoms with Crippen LogP contribution in [0.3, 0.4) is 0 Å². The summed E-state index contributed by atoms with van der Waals surface area (Å²) in [6, 6.07) is 0.776. The second kappa shape index (κ2) is 14.9. The lowest BCUT2D eigenvalue weighted by Crippen LogP contribution is -2.35. The normalized spacial score (nSPS) is 18.6. The number of fused-ring (bicyclic) bond motifs is 6. The second-order valence-electron chi connectivity index (χ2n) is 16.0. The van der Waals surface area contributed by atoms with Gasteiger partial charge in [-0.2, -0.15) is 10.2 Å². The molecule has 10 rings (SSSR count). The molecule has 0 saturated carbocycles. The maximum absolute atomic E-state index is 12.8. The first-order chi connectivity index (χ1) is 27.9. The van der Waals surface area contributed by atoms with Crippen molar-refractivity contribution in [2.24, 2.45) is 0 Å². The van der Waals surface area contributed by atoms with Crippen molar-refractivity contribution in [3.63, 3.8) is 0 Å². The fourth-order valence-corrected chi connectivity index (χ4v) is 11.5. The Bertz CT molecular complexity index is 2510. The summed E-state index contributed by atoms with van der Waals surface area (Å²) in [6.45, 7) is 5.66. The Morgan fingerprint density at radius 3 is 1.72 bits per heavy atom. The van der Waals surface area contributed by atoms with E-state index in [4.69, 9.17) is 9.47 Å². The van der Waals surface area contributed by atoms with E-state index in [0.29, 0.717) is 19.7 Å². The van der Waals surface area contributed by atoms with Crippen LogP contribution in [0.2, 0.25) is 0 Å². The molecule has 6 aliphatic rings. The molecule has 58 heavy (non-hydrogen) atoms. The van der Waals surface area contributed by atoms with Crippen LogP contribution in [0.1, 0.15) is 95.5 Å². The number of rotatable bonds is 6. The highest BCUT2D eigenvalue weighted by Gasteiger charge is 2.33. The molecule has 308 valence electrons. The van der Waals surface area contributed by atoms with Gasteiger partial charge in [0.1, 0.15) is 0 Å². The largest absolute Gasteiger partial charge is 0.477 e. The van der Waals surface area contributed by atoms with Gasteiger partial charge in [-0.15, -0.1) is 0 Å². The predicted octanol–water partition coefficient (Wildman–Crippen LogP) is 5.00. The van der Waals surface area contributed by atoms with Crippen LogP contribution in [0.15, 0.2) is 28.3 Å². The van der Waals surface area contributed by atoms with Crippen molar-refractivity contribution < 1.29 is 35.9 Å². The molecule has 18 heteroatoms. The van der Waals surface area contributed by atoms with E-state index < -0.39 is 32.1 Å². The van der Waals surface area contributed by atoms with Gasteiger partial charge >= 0.3 is 12.1 Å². The standard InChI is InChI=1S/2C20H24N4O4S/c1-12-13-5-2-7-15(13)18(16-8-3-6-14(12)16)22-20(25)23-29(26,27)17-11-21-24-9-4-10-28-19(17)24;1-12-8-9-24-19(28-12)17(11-21-24)29(26,27)23-20(25)22-18-15-6-2-4-13(15)10-14-5-3-7-16(14)18/h11H,2-10H2,1H3,(H2,22,23,25);10-12H,2-9H2,1H3,(H2,22,23,25). The van der Waals surface area contributed by atoms with Crippen LogP contribution in [0.4, 0.5) is 21.0 Å². The molecule has 1 unspecified atom stereocenters. The van der Waals surface area contributed by atoms with Gasteiger partial charge in [-0.1, -0.05) is 6.07 Å². The van der Waals surface area contributed by atoms with Crippen molar-refractivity contribution in [3.05, 3.63) is 68.5 Å². The van der Waals surface area contributed by atoms with Crippen molar-refractivity contribution >= 4 is 43.5 Å². The lowest BCUT2D eigenvalue weighted by Gasteiger charge is -2.22. The molecular formula is C40H48N8O8S2. The average molecular weight is 833 g/mol. The Kier molecular flexibility index (Phi) is 9.89. The van der Waals surface area contributed by atoms with Gasteiger partial charge in [0.2, 0.25) is 11.8 Å². The van der Waals surface area contributed by atoms with Gasteiger partial charge in [-0.25, -0.2) is 45.2 Å². The Hall–Kier alpha value is -5.10. The molecule has 0 radical (unpaired) electrons. The number of aromatic nitrogens is 4. The number of nitrogens with zero attached hydrogens (tertiary/aromatic N) is 4. The van der Waals surface area contributed by atoms with E-state index in [-0.39, 0.29) is 27.7 Å². The Morgan fingerprint density at radius 2 is 1.14 bits per heavy atom. The molecule has 1 atom stereocenters. The summed E-state index contributed by atoms with van der Waals surface area (Å²) >= 11 is 0. The minimum atomic E-state index is -4.10. The minimum Gasteiger partial charge on any atom is -0.477 e. The lowest BCUT2D eigenvalue weighted by atomic mass is 9.93. The molecule has 2 aromatic carbocycles. The third-order valence-corrected chi connectivity index (χ3v) is 14.9. The number of ether oxygens (including phenoxy) is 2. The lowest BCUT2D eigenvalue weighted by molar-refractivity contribution is 0.144. The number of aryl methyl sites for hydroxylation is 4. The molecule has 4 amide bonds. The SMILES string of the molecule is CC1CCn2ncc(S(=O)(=O)NC(=O)Nc3c4c(cc5c3CCC5)CCC4)c2O1.Cc1c2c(c(NC(=O)NS(=O)(=O)c3cnn4c3OCCC4)c3c1CCC3)CCC2. The van der Waals surface area contributed by atoms with E-state index in [1.807, 2.05) is 6.92 Å². The van der Waals surface area contributed by atoms with Gasteiger partial charge in [0.05, 0.1) is 25.1 Å². The number of anilines is 2. The molecule has 0 spiro atoms. The third-order valence-electron chi connectivity index (χ3n) is 12.3. The fourth-order valence-electron chi connectivity index (χ4n) is 9.58. The zero-order valence-electron chi connectivity index (χ0n) is 32.7. The number of nitrogens with one attached hydrogen (secondary N) is 4. The molecule has 4 N–H and O–H groups in total.